The SMILES string of the molecule is CCOC(=O)CC(O)c1ccncc1Br. The predicted molar refractivity (Wildman–Crippen MR) is 58.1 cm³/mol. The molecule has 1 rings (SSSR count). The Morgan fingerprint density at radius 2 is 2.47 bits per heavy atom. The van der Waals surface area contributed by atoms with Gasteiger partial charge in [0.15, 0.2) is 0 Å². The Kier molecular flexibility index (Phi) is 4.71. The van der Waals surface area contributed by atoms with E-state index in [9.17, 15) is 9.90 Å². The highest BCUT2D eigenvalue weighted by Crippen LogP contribution is 2.24. The highest BCUT2D eigenvalue weighted by molar-refractivity contribution is 9.10. The number of rotatable bonds is 4. The molecule has 0 amide bonds. The van der Waals surface area contributed by atoms with Gasteiger partial charge in [-0.05, 0) is 34.5 Å². The third-order valence-corrected chi connectivity index (χ3v) is 2.49. The molecule has 0 aromatic carbocycles. The van der Waals surface area contributed by atoms with Crippen molar-refractivity contribution in [2.45, 2.75) is 19.4 Å². The fourth-order valence-electron chi connectivity index (χ4n) is 1.14. The summed E-state index contributed by atoms with van der Waals surface area (Å²) >= 11 is 3.25. The van der Waals surface area contributed by atoms with Crippen LogP contribution < -0.4 is 0 Å². The van der Waals surface area contributed by atoms with E-state index < -0.39 is 12.1 Å². The lowest BCUT2D eigenvalue weighted by Gasteiger charge is -2.11. The van der Waals surface area contributed by atoms with Crippen LogP contribution in [0.2, 0.25) is 0 Å². The molecule has 1 unspecified atom stereocenters. The van der Waals surface area contributed by atoms with Gasteiger partial charge in [0.1, 0.15) is 0 Å². The molecule has 0 radical (unpaired) electrons. The monoisotopic (exact) mass is 273 g/mol. The Bertz CT molecular complexity index is 343. The number of nitrogens with zero attached hydrogens (tertiary/aromatic N) is 1. The number of aromatic nitrogens is 1. The molecule has 82 valence electrons. The largest absolute Gasteiger partial charge is 0.466 e. The van der Waals surface area contributed by atoms with Gasteiger partial charge in [-0.1, -0.05) is 0 Å². The maximum absolute atomic E-state index is 11.1. The summed E-state index contributed by atoms with van der Waals surface area (Å²) in [5.74, 6) is -0.409. The third-order valence-electron chi connectivity index (χ3n) is 1.83. The molecular weight excluding hydrogens is 262 g/mol. The van der Waals surface area contributed by atoms with Crippen LogP contribution in [0.1, 0.15) is 25.0 Å². The lowest BCUT2D eigenvalue weighted by atomic mass is 10.1. The van der Waals surface area contributed by atoms with Gasteiger partial charge in [0.05, 0.1) is 19.1 Å². The molecule has 0 aliphatic carbocycles. The summed E-state index contributed by atoms with van der Waals surface area (Å²) in [6.45, 7) is 2.05. The average molecular weight is 274 g/mol. The molecule has 1 aromatic rings. The zero-order valence-corrected chi connectivity index (χ0v) is 9.90. The summed E-state index contributed by atoms with van der Waals surface area (Å²) in [7, 11) is 0. The number of esters is 1. The highest BCUT2D eigenvalue weighted by Gasteiger charge is 2.15. The van der Waals surface area contributed by atoms with Crippen molar-refractivity contribution >= 4 is 21.9 Å². The van der Waals surface area contributed by atoms with Crippen molar-refractivity contribution < 1.29 is 14.6 Å². The fraction of sp³-hybridized carbons (Fsp3) is 0.400. The number of carbonyl (C=O) groups excluding carboxylic acids is 1. The summed E-state index contributed by atoms with van der Waals surface area (Å²) in [6, 6.07) is 1.66. The molecule has 0 aliphatic heterocycles. The van der Waals surface area contributed by atoms with E-state index in [1.54, 1.807) is 25.4 Å². The van der Waals surface area contributed by atoms with Gasteiger partial charge >= 0.3 is 5.97 Å². The van der Waals surface area contributed by atoms with Crippen molar-refractivity contribution in [3.05, 3.63) is 28.5 Å². The van der Waals surface area contributed by atoms with Crippen LogP contribution in [0.15, 0.2) is 22.9 Å². The minimum atomic E-state index is -0.860. The van der Waals surface area contributed by atoms with E-state index in [1.807, 2.05) is 0 Å². The lowest BCUT2D eigenvalue weighted by Crippen LogP contribution is -2.10. The second-order valence-corrected chi connectivity index (χ2v) is 3.78. The molecule has 1 aromatic heterocycles. The van der Waals surface area contributed by atoms with Gasteiger partial charge in [0, 0.05) is 16.9 Å². The molecule has 0 spiro atoms. The number of pyridine rings is 1. The molecular formula is C10H12BrNO3. The van der Waals surface area contributed by atoms with E-state index in [2.05, 4.69) is 20.9 Å². The number of hydrogen-bond acceptors (Lipinski definition) is 4. The standard InChI is InChI=1S/C10H12BrNO3/c1-2-15-10(14)5-9(13)7-3-4-12-6-8(7)11/h3-4,6,9,13H,2,5H2,1H3. The highest BCUT2D eigenvalue weighted by atomic mass is 79.9. The van der Waals surface area contributed by atoms with Crippen molar-refractivity contribution in [1.82, 2.24) is 4.98 Å². The first kappa shape index (κ1) is 12.1. The third kappa shape index (κ3) is 3.60. The van der Waals surface area contributed by atoms with Gasteiger partial charge in [-0.25, -0.2) is 0 Å². The molecule has 4 nitrogen and oxygen atoms in total. The average Bonchev–Trinajstić information content (AvgIpc) is 2.18. The van der Waals surface area contributed by atoms with Crippen molar-refractivity contribution in [2.24, 2.45) is 0 Å². The second-order valence-electron chi connectivity index (χ2n) is 2.92. The van der Waals surface area contributed by atoms with Crippen LogP contribution in [0.25, 0.3) is 0 Å². The Balaban J connectivity index is 2.65. The number of ether oxygens (including phenoxy) is 1. The summed E-state index contributed by atoms with van der Waals surface area (Å²) < 4.78 is 5.43. The van der Waals surface area contributed by atoms with Crippen LogP contribution in [0.3, 0.4) is 0 Å². The maximum Gasteiger partial charge on any atom is 0.308 e. The molecule has 15 heavy (non-hydrogen) atoms. The van der Waals surface area contributed by atoms with Gasteiger partial charge in [0.25, 0.3) is 0 Å². The predicted octanol–water partition coefficient (Wildman–Crippen LogP) is 1.83. The van der Waals surface area contributed by atoms with Gasteiger partial charge in [0.2, 0.25) is 0 Å². The van der Waals surface area contributed by atoms with E-state index in [0.717, 1.165) is 0 Å². The van der Waals surface area contributed by atoms with Gasteiger partial charge < -0.3 is 9.84 Å². The maximum atomic E-state index is 11.1. The molecule has 5 heteroatoms. The first-order chi connectivity index (χ1) is 7.15. The smallest absolute Gasteiger partial charge is 0.308 e. The molecule has 1 heterocycles. The Morgan fingerprint density at radius 1 is 1.73 bits per heavy atom. The second kappa shape index (κ2) is 5.82. The summed E-state index contributed by atoms with van der Waals surface area (Å²) in [5, 5.41) is 9.74. The molecule has 0 saturated carbocycles. The number of aliphatic hydroxyl groups excluding tert-OH is 1. The number of hydrogen-bond donors (Lipinski definition) is 1. The zero-order valence-electron chi connectivity index (χ0n) is 8.31. The van der Waals surface area contributed by atoms with Gasteiger partial charge in [-0.3, -0.25) is 9.78 Å². The van der Waals surface area contributed by atoms with Crippen LogP contribution in [0, 0.1) is 0 Å². The normalized spacial score (nSPS) is 12.2. The first-order valence-corrected chi connectivity index (χ1v) is 5.37. The lowest BCUT2D eigenvalue weighted by molar-refractivity contribution is -0.145. The van der Waals surface area contributed by atoms with E-state index in [4.69, 9.17) is 4.74 Å². The minimum absolute atomic E-state index is 0.0452. The van der Waals surface area contributed by atoms with E-state index in [-0.39, 0.29) is 6.42 Å². The van der Waals surface area contributed by atoms with Crippen LogP contribution >= 0.6 is 15.9 Å². The number of halogens is 1. The molecule has 0 saturated heterocycles. The Hall–Kier alpha value is -0.940. The van der Waals surface area contributed by atoms with Gasteiger partial charge in [-0.15, -0.1) is 0 Å². The van der Waals surface area contributed by atoms with Crippen LogP contribution in [-0.4, -0.2) is 22.7 Å². The van der Waals surface area contributed by atoms with Crippen LogP contribution in [0.4, 0.5) is 0 Å². The van der Waals surface area contributed by atoms with E-state index >= 15 is 0 Å². The van der Waals surface area contributed by atoms with Gasteiger partial charge in [-0.2, -0.15) is 0 Å². The summed E-state index contributed by atoms with van der Waals surface area (Å²) in [6.07, 6.45) is 2.23. The fourth-order valence-corrected chi connectivity index (χ4v) is 1.66. The summed E-state index contributed by atoms with van der Waals surface area (Å²) in [5.41, 5.74) is 0.637. The Labute approximate surface area is 96.4 Å². The van der Waals surface area contributed by atoms with Crippen molar-refractivity contribution in [1.29, 1.82) is 0 Å². The molecule has 1 atom stereocenters. The molecule has 0 fully saturated rings. The summed E-state index contributed by atoms with van der Waals surface area (Å²) in [4.78, 5) is 15.0. The van der Waals surface area contributed by atoms with Crippen molar-refractivity contribution in [2.75, 3.05) is 6.61 Å². The van der Waals surface area contributed by atoms with Crippen molar-refractivity contribution in [3.8, 4) is 0 Å². The van der Waals surface area contributed by atoms with Crippen molar-refractivity contribution in [3.63, 3.8) is 0 Å². The van der Waals surface area contributed by atoms with E-state index in [1.165, 1.54) is 0 Å². The zero-order chi connectivity index (χ0) is 11.3. The topological polar surface area (TPSA) is 59.4 Å². The molecule has 0 aliphatic rings. The Morgan fingerprint density at radius 3 is 3.07 bits per heavy atom. The minimum Gasteiger partial charge on any atom is -0.466 e. The first-order valence-electron chi connectivity index (χ1n) is 4.58. The van der Waals surface area contributed by atoms with E-state index in [0.29, 0.717) is 16.6 Å². The number of aliphatic hydroxyl groups is 1. The quantitative estimate of drug-likeness (QED) is 0.851. The number of carbonyl (C=O) groups is 1. The molecule has 1 N–H and O–H groups in total. The van der Waals surface area contributed by atoms with Crippen LogP contribution in [0.5, 0.6) is 0 Å². The molecule has 0 bridgehead atoms. The van der Waals surface area contributed by atoms with Crippen LogP contribution in [-0.2, 0) is 9.53 Å².